The Hall–Kier alpha value is -2.16. The lowest BCUT2D eigenvalue weighted by atomic mass is 10.1. The largest absolute Gasteiger partial charge is 0.478 e. The Balaban J connectivity index is 2.36. The highest BCUT2D eigenvalue weighted by Crippen LogP contribution is 2.20. The molecule has 7 nitrogen and oxygen atoms in total. The molecule has 1 unspecified atom stereocenters. The van der Waals surface area contributed by atoms with Crippen LogP contribution in [0.5, 0.6) is 0 Å². The number of aromatic carboxylic acids is 1. The van der Waals surface area contributed by atoms with Gasteiger partial charge in [0.25, 0.3) is 0 Å². The molecule has 0 aliphatic carbocycles. The third-order valence-corrected chi connectivity index (χ3v) is 4.66. The molecule has 0 amide bonds. The van der Waals surface area contributed by atoms with Crippen LogP contribution in [0, 0.1) is 0 Å². The number of hydrogen-bond acceptors (Lipinski definition) is 5. The first-order valence-corrected chi connectivity index (χ1v) is 8.23. The van der Waals surface area contributed by atoms with Crippen molar-refractivity contribution in [2.24, 2.45) is 0 Å². The summed E-state index contributed by atoms with van der Waals surface area (Å²) in [6, 6.07) is 6.58. The summed E-state index contributed by atoms with van der Waals surface area (Å²) < 4.78 is 37.5. The van der Waals surface area contributed by atoms with E-state index >= 15 is 0 Å². The maximum atomic E-state index is 12.5. The summed E-state index contributed by atoms with van der Waals surface area (Å²) in [5, 5.41) is 9.13. The molecular formula is C15H17NO6S. The fourth-order valence-corrected chi connectivity index (χ4v) is 3.39. The van der Waals surface area contributed by atoms with E-state index in [9.17, 15) is 13.2 Å². The van der Waals surface area contributed by atoms with Crippen molar-refractivity contribution in [3.05, 3.63) is 53.5 Å². The molecule has 0 saturated heterocycles. The molecule has 0 spiro atoms. The van der Waals surface area contributed by atoms with E-state index < -0.39 is 22.0 Å². The number of carbonyl (C=O) groups is 1. The van der Waals surface area contributed by atoms with E-state index in [2.05, 4.69) is 4.72 Å². The minimum Gasteiger partial charge on any atom is -0.478 e. The maximum Gasteiger partial charge on any atom is 0.335 e. The molecule has 0 bridgehead atoms. The summed E-state index contributed by atoms with van der Waals surface area (Å²) in [5.41, 5.74) is 0.337. The lowest BCUT2D eigenvalue weighted by Gasteiger charge is -2.13. The zero-order valence-electron chi connectivity index (χ0n) is 12.6. The Labute approximate surface area is 133 Å². The molecule has 8 heteroatoms. The molecule has 23 heavy (non-hydrogen) atoms. The van der Waals surface area contributed by atoms with Gasteiger partial charge in [0.05, 0.1) is 29.4 Å². The summed E-state index contributed by atoms with van der Waals surface area (Å²) in [7, 11) is -2.47. The molecule has 2 aromatic rings. The van der Waals surface area contributed by atoms with Gasteiger partial charge in [-0.2, -0.15) is 0 Å². The summed E-state index contributed by atoms with van der Waals surface area (Å²) in [5.74, 6) is -0.751. The molecule has 1 atom stereocenters. The van der Waals surface area contributed by atoms with Crippen LogP contribution in [0.1, 0.15) is 34.6 Å². The van der Waals surface area contributed by atoms with Crippen molar-refractivity contribution in [1.82, 2.24) is 4.72 Å². The Morgan fingerprint density at radius 2 is 2.13 bits per heavy atom. The first kappa shape index (κ1) is 17.2. The van der Waals surface area contributed by atoms with Gasteiger partial charge in [0, 0.05) is 7.11 Å². The van der Waals surface area contributed by atoms with E-state index in [4.69, 9.17) is 14.3 Å². The van der Waals surface area contributed by atoms with Crippen molar-refractivity contribution in [3.8, 4) is 0 Å². The standard InChI is InChI=1S/C15H17NO6S/c1-10(14-4-3-5-22-14)16-23(19,20)13-7-11(9-21-2)6-12(8-13)15(17)18/h3-8,10,16H,9H2,1-2H3,(H,17,18). The molecule has 2 N–H and O–H groups in total. The fraction of sp³-hybridized carbons (Fsp3) is 0.267. The van der Waals surface area contributed by atoms with Gasteiger partial charge in [-0.05, 0) is 42.8 Å². The average molecular weight is 339 g/mol. The van der Waals surface area contributed by atoms with Crippen molar-refractivity contribution < 1.29 is 27.5 Å². The van der Waals surface area contributed by atoms with E-state index in [0.717, 1.165) is 6.07 Å². The van der Waals surface area contributed by atoms with Gasteiger partial charge >= 0.3 is 5.97 Å². The van der Waals surface area contributed by atoms with Crippen molar-refractivity contribution >= 4 is 16.0 Å². The average Bonchev–Trinajstić information content (AvgIpc) is 3.01. The van der Waals surface area contributed by atoms with Gasteiger partial charge in [-0.25, -0.2) is 17.9 Å². The van der Waals surface area contributed by atoms with Crippen molar-refractivity contribution in [2.75, 3.05) is 7.11 Å². The zero-order chi connectivity index (χ0) is 17.0. The number of methoxy groups -OCH3 is 1. The second-order valence-electron chi connectivity index (χ2n) is 4.96. The van der Waals surface area contributed by atoms with Crippen LogP contribution in [0.4, 0.5) is 0 Å². The minimum absolute atomic E-state index is 0.109. The highest BCUT2D eigenvalue weighted by molar-refractivity contribution is 7.89. The van der Waals surface area contributed by atoms with Gasteiger partial charge in [-0.1, -0.05) is 0 Å². The first-order chi connectivity index (χ1) is 10.8. The Morgan fingerprint density at radius 3 is 2.70 bits per heavy atom. The van der Waals surface area contributed by atoms with Gasteiger partial charge < -0.3 is 14.3 Å². The van der Waals surface area contributed by atoms with Gasteiger partial charge in [0.1, 0.15) is 5.76 Å². The molecule has 0 saturated carbocycles. The van der Waals surface area contributed by atoms with Gasteiger partial charge in [-0.3, -0.25) is 0 Å². The normalized spacial score (nSPS) is 13.0. The number of carboxylic acid groups (broad SMARTS) is 1. The van der Waals surface area contributed by atoms with Crippen LogP contribution < -0.4 is 4.72 Å². The molecular weight excluding hydrogens is 322 g/mol. The molecule has 1 heterocycles. The van der Waals surface area contributed by atoms with Crippen LogP contribution in [-0.4, -0.2) is 26.6 Å². The van der Waals surface area contributed by atoms with Crippen LogP contribution in [0.3, 0.4) is 0 Å². The van der Waals surface area contributed by atoms with Gasteiger partial charge in [0.15, 0.2) is 0 Å². The number of benzene rings is 1. The predicted molar refractivity (Wildman–Crippen MR) is 81.6 cm³/mol. The van der Waals surface area contributed by atoms with E-state index in [1.807, 2.05) is 0 Å². The summed E-state index contributed by atoms with van der Waals surface area (Å²) >= 11 is 0. The Kier molecular flexibility index (Phi) is 5.19. The third kappa shape index (κ3) is 4.19. The highest BCUT2D eigenvalue weighted by atomic mass is 32.2. The molecule has 124 valence electrons. The topological polar surface area (TPSA) is 106 Å². The molecule has 0 radical (unpaired) electrons. The number of sulfonamides is 1. The highest BCUT2D eigenvalue weighted by Gasteiger charge is 2.22. The van der Waals surface area contributed by atoms with Crippen LogP contribution >= 0.6 is 0 Å². The molecule has 1 aromatic heterocycles. The van der Waals surface area contributed by atoms with E-state index in [1.54, 1.807) is 19.1 Å². The molecule has 0 aliphatic rings. The number of hydrogen-bond donors (Lipinski definition) is 2. The van der Waals surface area contributed by atoms with E-state index in [1.165, 1.54) is 25.5 Å². The zero-order valence-corrected chi connectivity index (χ0v) is 13.5. The second kappa shape index (κ2) is 6.95. The number of nitrogens with one attached hydrogen (secondary N) is 1. The van der Waals surface area contributed by atoms with Crippen LogP contribution in [0.25, 0.3) is 0 Å². The van der Waals surface area contributed by atoms with Crippen LogP contribution in [0.15, 0.2) is 45.9 Å². The third-order valence-electron chi connectivity index (χ3n) is 3.14. The van der Waals surface area contributed by atoms with Crippen molar-refractivity contribution in [2.45, 2.75) is 24.5 Å². The quantitative estimate of drug-likeness (QED) is 0.801. The molecule has 1 aromatic carbocycles. The lowest BCUT2D eigenvalue weighted by Crippen LogP contribution is -2.27. The van der Waals surface area contributed by atoms with E-state index in [-0.39, 0.29) is 17.1 Å². The number of carboxylic acids is 1. The monoisotopic (exact) mass is 339 g/mol. The summed E-state index contributed by atoms with van der Waals surface area (Å²) in [4.78, 5) is 11.0. The molecule has 0 fully saturated rings. The van der Waals surface area contributed by atoms with E-state index in [0.29, 0.717) is 11.3 Å². The molecule has 0 aliphatic heterocycles. The van der Waals surface area contributed by atoms with Crippen molar-refractivity contribution in [3.63, 3.8) is 0 Å². The number of furan rings is 1. The minimum atomic E-state index is -3.91. The number of rotatable bonds is 7. The Morgan fingerprint density at radius 1 is 1.39 bits per heavy atom. The van der Waals surface area contributed by atoms with Crippen LogP contribution in [-0.2, 0) is 21.4 Å². The predicted octanol–water partition coefficient (Wildman–Crippen LogP) is 2.16. The fourth-order valence-electron chi connectivity index (χ4n) is 2.09. The van der Waals surface area contributed by atoms with Crippen molar-refractivity contribution in [1.29, 1.82) is 0 Å². The summed E-state index contributed by atoms with van der Waals surface area (Å²) in [6.45, 7) is 1.74. The van der Waals surface area contributed by atoms with Gasteiger partial charge in [-0.15, -0.1) is 0 Å². The van der Waals surface area contributed by atoms with Crippen LogP contribution in [0.2, 0.25) is 0 Å². The molecule has 2 rings (SSSR count). The first-order valence-electron chi connectivity index (χ1n) is 6.75. The summed E-state index contributed by atoms with van der Waals surface area (Å²) in [6.07, 6.45) is 1.45. The SMILES string of the molecule is COCc1cc(C(=O)O)cc(S(=O)(=O)NC(C)c2ccco2)c1. The van der Waals surface area contributed by atoms with Gasteiger partial charge in [0.2, 0.25) is 10.0 Å². The second-order valence-corrected chi connectivity index (χ2v) is 6.68. The number of ether oxygens (including phenoxy) is 1. The lowest BCUT2D eigenvalue weighted by molar-refractivity contribution is 0.0696. The smallest absolute Gasteiger partial charge is 0.335 e. The maximum absolute atomic E-state index is 12.5. The Bertz CT molecular complexity index is 782.